The molecule has 1 saturated carbocycles. The molecule has 2 fully saturated rings. The van der Waals surface area contributed by atoms with Crippen molar-refractivity contribution in [2.45, 2.75) is 56.6 Å². The van der Waals surface area contributed by atoms with E-state index >= 15 is 0 Å². The van der Waals surface area contributed by atoms with Crippen molar-refractivity contribution < 1.29 is 17.5 Å². The average molecular weight is 487 g/mol. The number of hydrogen-bond donors (Lipinski definition) is 0. The molecule has 0 bridgehead atoms. The highest BCUT2D eigenvalue weighted by molar-refractivity contribution is 7.93. The maximum Gasteiger partial charge on any atom is 0.510 e. The fourth-order valence-corrected chi connectivity index (χ4v) is 5.65. The SMILES string of the molecule is CC(C)Oc1ccccc1N1CCN(C2CCC(C#[N+]S(=O)(=O)c3ccc(F)cc3)CC2)CC1. The topological polar surface area (TPSA) is 54.2 Å². The Balaban J connectivity index is 1.29. The van der Waals surface area contributed by atoms with E-state index < -0.39 is 15.8 Å². The van der Waals surface area contributed by atoms with Gasteiger partial charge in [0.25, 0.3) is 0 Å². The fourth-order valence-electron chi connectivity index (χ4n) is 4.77. The molecule has 0 unspecified atom stereocenters. The summed E-state index contributed by atoms with van der Waals surface area (Å²) in [5.41, 5.74) is 1.16. The lowest BCUT2D eigenvalue weighted by atomic mass is 9.86. The Bertz CT molecular complexity index is 1130. The van der Waals surface area contributed by atoms with Gasteiger partial charge in [-0.05, 0) is 75.9 Å². The van der Waals surface area contributed by atoms with Gasteiger partial charge in [-0.15, -0.1) is 8.42 Å². The summed E-state index contributed by atoms with van der Waals surface area (Å²) in [5.74, 6) is 0.504. The Hall–Kier alpha value is -2.63. The lowest BCUT2D eigenvalue weighted by Crippen LogP contribution is -2.51. The van der Waals surface area contributed by atoms with Gasteiger partial charge in [0.05, 0.1) is 22.0 Å². The van der Waals surface area contributed by atoms with Crippen LogP contribution in [0.4, 0.5) is 10.1 Å². The van der Waals surface area contributed by atoms with E-state index in [1.807, 2.05) is 26.0 Å². The molecule has 8 heteroatoms. The molecule has 182 valence electrons. The number of rotatable bonds is 5. The van der Waals surface area contributed by atoms with Gasteiger partial charge in [-0.25, -0.2) is 4.39 Å². The van der Waals surface area contributed by atoms with Crippen LogP contribution in [0.1, 0.15) is 39.5 Å². The number of nitrogens with zero attached hydrogens (tertiary/aromatic N) is 3. The van der Waals surface area contributed by atoms with Crippen molar-refractivity contribution in [3.63, 3.8) is 0 Å². The highest BCUT2D eigenvalue weighted by atomic mass is 32.2. The van der Waals surface area contributed by atoms with Gasteiger partial charge in [-0.3, -0.25) is 4.90 Å². The van der Waals surface area contributed by atoms with Crippen molar-refractivity contribution in [1.82, 2.24) is 4.90 Å². The smallest absolute Gasteiger partial charge is 0.489 e. The first-order chi connectivity index (χ1) is 16.3. The largest absolute Gasteiger partial charge is 0.510 e. The molecule has 0 spiro atoms. The van der Waals surface area contributed by atoms with Crippen LogP contribution in [0.3, 0.4) is 0 Å². The van der Waals surface area contributed by atoms with Gasteiger partial charge in [-0.1, -0.05) is 12.1 Å². The predicted octanol–water partition coefficient (Wildman–Crippen LogP) is 5.02. The highest BCUT2D eigenvalue weighted by Crippen LogP contribution is 2.32. The summed E-state index contributed by atoms with van der Waals surface area (Å²) in [6, 6.07) is 16.3. The highest BCUT2D eigenvalue weighted by Gasteiger charge is 2.31. The van der Waals surface area contributed by atoms with E-state index in [0.29, 0.717) is 6.04 Å². The summed E-state index contributed by atoms with van der Waals surface area (Å²) >= 11 is 0. The monoisotopic (exact) mass is 486 g/mol. The van der Waals surface area contributed by atoms with E-state index in [9.17, 15) is 12.8 Å². The number of para-hydroxylation sites is 2. The first-order valence-electron chi connectivity index (χ1n) is 12.0. The summed E-state index contributed by atoms with van der Waals surface area (Å²) < 4.78 is 47.5. The number of piperazine rings is 1. The van der Waals surface area contributed by atoms with E-state index in [4.69, 9.17) is 4.74 Å². The predicted molar refractivity (Wildman–Crippen MR) is 133 cm³/mol. The second-order valence-corrected chi connectivity index (χ2v) is 10.9. The quantitative estimate of drug-likeness (QED) is 0.594. The Morgan fingerprint density at radius 3 is 2.26 bits per heavy atom. The maximum absolute atomic E-state index is 13.1. The van der Waals surface area contributed by atoms with E-state index in [1.165, 1.54) is 12.1 Å². The minimum absolute atomic E-state index is 0.00618. The third kappa shape index (κ3) is 6.08. The molecular weight excluding hydrogens is 453 g/mol. The number of sulfonamides is 1. The van der Waals surface area contributed by atoms with Gasteiger partial charge < -0.3 is 9.64 Å². The third-order valence-corrected chi connectivity index (χ3v) is 7.78. The number of benzene rings is 2. The standard InChI is InChI=1S/C26H33FN3O3S/c1-20(2)33-26-6-4-3-5-25(26)30-17-15-29(16-18-30)23-11-7-21(8-12-23)19-28-34(31,32)24-13-9-22(27)10-14-24/h3-6,9-10,13-14,20-21,23H,7-8,11-12,15-18H2,1-2H3/q+1. The zero-order chi connectivity index (χ0) is 24.1. The number of ether oxygens (including phenoxy) is 1. The van der Waals surface area contributed by atoms with Gasteiger partial charge in [0.15, 0.2) is 4.90 Å². The lowest BCUT2D eigenvalue weighted by molar-refractivity contribution is 0.138. The molecule has 1 saturated heterocycles. The first-order valence-corrected chi connectivity index (χ1v) is 13.5. The molecule has 4 rings (SSSR count). The van der Waals surface area contributed by atoms with Crippen LogP contribution in [0.25, 0.3) is 4.25 Å². The van der Waals surface area contributed by atoms with Gasteiger partial charge in [-0.2, -0.15) is 0 Å². The molecule has 0 N–H and O–H groups in total. The molecule has 1 aliphatic carbocycles. The molecule has 0 aromatic heterocycles. The van der Waals surface area contributed by atoms with Crippen molar-refractivity contribution in [3.8, 4) is 11.8 Å². The molecule has 2 aliphatic rings. The van der Waals surface area contributed by atoms with E-state index in [-0.39, 0.29) is 16.9 Å². The molecule has 2 aromatic rings. The van der Waals surface area contributed by atoms with E-state index in [2.05, 4.69) is 32.3 Å². The molecule has 1 aliphatic heterocycles. The molecule has 34 heavy (non-hydrogen) atoms. The third-order valence-electron chi connectivity index (χ3n) is 6.56. The molecule has 6 nitrogen and oxygen atoms in total. The molecular formula is C26H33FN3O3S+. The van der Waals surface area contributed by atoms with Crippen molar-refractivity contribution in [2.75, 3.05) is 31.1 Å². The summed E-state index contributed by atoms with van der Waals surface area (Å²) in [6.45, 7) is 8.02. The van der Waals surface area contributed by atoms with Gasteiger partial charge in [0.1, 0.15) is 11.6 Å². The lowest BCUT2D eigenvalue weighted by Gasteiger charge is -2.42. The Morgan fingerprint density at radius 2 is 1.62 bits per heavy atom. The van der Waals surface area contributed by atoms with Crippen molar-refractivity contribution in [3.05, 3.63) is 58.6 Å². The van der Waals surface area contributed by atoms with Crippen LogP contribution in [-0.2, 0) is 10.0 Å². The molecule has 1 heterocycles. The fraction of sp³-hybridized carbons (Fsp3) is 0.500. The zero-order valence-corrected chi connectivity index (χ0v) is 20.7. The minimum Gasteiger partial charge on any atom is -0.489 e. The second-order valence-electron chi connectivity index (χ2n) is 9.31. The average Bonchev–Trinajstić information content (AvgIpc) is 2.84. The number of hydrogen-bond acceptors (Lipinski definition) is 5. The van der Waals surface area contributed by atoms with Crippen LogP contribution >= 0.6 is 0 Å². The molecule has 0 radical (unpaired) electrons. The second kappa shape index (κ2) is 10.7. The Labute approximate surface area is 202 Å². The molecule has 0 amide bonds. The van der Waals surface area contributed by atoms with Crippen molar-refractivity contribution in [1.29, 1.82) is 0 Å². The number of anilines is 1. The van der Waals surface area contributed by atoms with Crippen LogP contribution in [-0.4, -0.2) is 51.6 Å². The molecule has 0 atom stereocenters. The maximum atomic E-state index is 13.1. The van der Waals surface area contributed by atoms with Crippen LogP contribution < -0.4 is 9.64 Å². The Kier molecular flexibility index (Phi) is 7.74. The normalized spacial score (nSPS) is 21.7. The van der Waals surface area contributed by atoms with Crippen LogP contribution in [0.15, 0.2) is 53.4 Å². The number of halogens is 1. The Morgan fingerprint density at radius 1 is 0.971 bits per heavy atom. The van der Waals surface area contributed by atoms with Gasteiger partial charge in [0, 0.05) is 32.2 Å². The van der Waals surface area contributed by atoms with Gasteiger partial charge in [0.2, 0.25) is 0 Å². The van der Waals surface area contributed by atoms with E-state index in [0.717, 1.165) is 75.4 Å². The van der Waals surface area contributed by atoms with Crippen LogP contribution in [0.5, 0.6) is 5.75 Å². The van der Waals surface area contributed by atoms with E-state index in [1.54, 1.807) is 0 Å². The minimum atomic E-state index is -3.83. The summed E-state index contributed by atoms with van der Waals surface area (Å²) in [4.78, 5) is 4.96. The van der Waals surface area contributed by atoms with Crippen molar-refractivity contribution in [2.24, 2.45) is 5.92 Å². The zero-order valence-electron chi connectivity index (χ0n) is 19.9. The van der Waals surface area contributed by atoms with Gasteiger partial charge >= 0.3 is 16.1 Å². The summed E-state index contributed by atoms with van der Waals surface area (Å²) in [6.07, 6.45) is 3.91. The summed E-state index contributed by atoms with van der Waals surface area (Å²) in [7, 11) is -3.83. The first kappa shape index (κ1) is 24.5. The molecule has 2 aromatic carbocycles. The van der Waals surface area contributed by atoms with Crippen molar-refractivity contribution >= 4 is 15.7 Å². The van der Waals surface area contributed by atoms with Crippen LogP contribution in [0.2, 0.25) is 0 Å². The van der Waals surface area contributed by atoms with Crippen LogP contribution in [0, 0.1) is 17.8 Å². The summed E-state index contributed by atoms with van der Waals surface area (Å²) in [5, 5.41) is 0.